The SMILES string of the molecule is C=CCOCCOCCOCCOCCOCCOCCNC(=O)COCC(=O)O. The largest absolute Gasteiger partial charge is 0.480 e. The lowest BCUT2D eigenvalue weighted by molar-refractivity contribution is -0.143. The van der Waals surface area contributed by atoms with Gasteiger partial charge in [-0.2, -0.15) is 0 Å². The Bertz CT molecular complexity index is 422. The standard InChI is InChI=1S/C19H35NO10/c1-2-4-24-6-8-26-10-12-28-14-15-29-13-11-27-9-7-25-5-3-20-18(21)16-30-17-19(22)23/h2H,1,3-17H2,(H,20,21)(H,22,23). The van der Waals surface area contributed by atoms with Crippen molar-refractivity contribution in [2.45, 2.75) is 0 Å². The summed E-state index contributed by atoms with van der Waals surface area (Å²) in [6.07, 6.45) is 1.69. The van der Waals surface area contributed by atoms with E-state index in [1.165, 1.54) is 0 Å². The molecule has 0 bridgehead atoms. The summed E-state index contributed by atoms with van der Waals surface area (Å²) >= 11 is 0. The second kappa shape index (κ2) is 23.7. The fourth-order valence-electron chi connectivity index (χ4n) is 1.81. The first-order valence-corrected chi connectivity index (χ1v) is 9.80. The topological polar surface area (TPSA) is 131 Å². The summed E-state index contributed by atoms with van der Waals surface area (Å²) in [6, 6.07) is 0. The molecule has 30 heavy (non-hydrogen) atoms. The highest BCUT2D eigenvalue weighted by atomic mass is 16.6. The predicted octanol–water partition coefficient (Wildman–Crippen LogP) is -0.511. The molecule has 176 valence electrons. The molecule has 0 heterocycles. The molecule has 2 N–H and O–H groups in total. The molecule has 0 spiro atoms. The van der Waals surface area contributed by atoms with Gasteiger partial charge in [0.2, 0.25) is 5.91 Å². The van der Waals surface area contributed by atoms with Crippen LogP contribution in [-0.4, -0.2) is 116 Å². The van der Waals surface area contributed by atoms with Crippen LogP contribution >= 0.6 is 0 Å². The summed E-state index contributed by atoms with van der Waals surface area (Å²) < 4.78 is 36.5. The summed E-state index contributed by atoms with van der Waals surface area (Å²) in [5.41, 5.74) is 0. The van der Waals surface area contributed by atoms with Crippen LogP contribution in [-0.2, 0) is 42.7 Å². The second-order valence-corrected chi connectivity index (χ2v) is 5.66. The highest BCUT2D eigenvalue weighted by Gasteiger charge is 2.02. The molecule has 0 aliphatic heterocycles. The number of carboxylic acids is 1. The number of carbonyl (C=O) groups is 2. The van der Waals surface area contributed by atoms with Crippen LogP contribution in [0.4, 0.5) is 0 Å². The Morgan fingerprint density at radius 3 is 1.53 bits per heavy atom. The lowest BCUT2D eigenvalue weighted by Crippen LogP contribution is -2.31. The van der Waals surface area contributed by atoms with E-state index in [1.54, 1.807) is 6.08 Å². The number of amides is 1. The van der Waals surface area contributed by atoms with E-state index in [0.717, 1.165) is 0 Å². The first-order chi connectivity index (χ1) is 14.7. The van der Waals surface area contributed by atoms with Crippen LogP contribution < -0.4 is 5.32 Å². The Hall–Kier alpha value is -1.60. The number of hydrogen-bond acceptors (Lipinski definition) is 9. The van der Waals surface area contributed by atoms with Gasteiger partial charge in [-0.1, -0.05) is 6.08 Å². The van der Waals surface area contributed by atoms with Crippen molar-refractivity contribution in [3.8, 4) is 0 Å². The van der Waals surface area contributed by atoms with Crippen LogP contribution in [0.5, 0.6) is 0 Å². The molecule has 0 atom stereocenters. The van der Waals surface area contributed by atoms with Gasteiger partial charge >= 0.3 is 5.97 Å². The van der Waals surface area contributed by atoms with E-state index < -0.39 is 18.5 Å². The fourth-order valence-corrected chi connectivity index (χ4v) is 1.81. The van der Waals surface area contributed by atoms with Crippen molar-refractivity contribution in [3.05, 3.63) is 12.7 Å². The van der Waals surface area contributed by atoms with Crippen LogP contribution in [0.3, 0.4) is 0 Å². The summed E-state index contributed by atoms with van der Waals surface area (Å²) in [7, 11) is 0. The molecule has 0 unspecified atom stereocenters. The highest BCUT2D eigenvalue weighted by molar-refractivity contribution is 5.77. The van der Waals surface area contributed by atoms with Crippen molar-refractivity contribution in [2.24, 2.45) is 0 Å². The molecule has 0 aromatic rings. The maximum absolute atomic E-state index is 11.3. The average molecular weight is 437 g/mol. The smallest absolute Gasteiger partial charge is 0.329 e. The van der Waals surface area contributed by atoms with Gasteiger partial charge < -0.3 is 43.6 Å². The van der Waals surface area contributed by atoms with Crippen LogP contribution in [0.25, 0.3) is 0 Å². The first-order valence-electron chi connectivity index (χ1n) is 9.80. The molecule has 11 nitrogen and oxygen atoms in total. The summed E-state index contributed by atoms with van der Waals surface area (Å²) in [4.78, 5) is 21.5. The number of carboxylic acid groups (broad SMARTS) is 1. The molecule has 1 amide bonds. The zero-order valence-corrected chi connectivity index (χ0v) is 17.5. The number of hydrogen-bond donors (Lipinski definition) is 2. The molecule has 0 rings (SSSR count). The van der Waals surface area contributed by atoms with E-state index in [2.05, 4.69) is 16.6 Å². The third-order valence-electron chi connectivity index (χ3n) is 3.12. The zero-order chi connectivity index (χ0) is 22.1. The maximum atomic E-state index is 11.3. The summed E-state index contributed by atoms with van der Waals surface area (Å²) in [5, 5.41) is 10.9. The van der Waals surface area contributed by atoms with Crippen LogP contribution in [0.2, 0.25) is 0 Å². The number of ether oxygens (including phenoxy) is 7. The van der Waals surface area contributed by atoms with Crippen molar-refractivity contribution in [1.29, 1.82) is 0 Å². The predicted molar refractivity (Wildman–Crippen MR) is 107 cm³/mol. The third-order valence-corrected chi connectivity index (χ3v) is 3.12. The number of aliphatic carboxylic acids is 1. The Morgan fingerprint density at radius 2 is 1.10 bits per heavy atom. The van der Waals surface area contributed by atoms with Gasteiger partial charge in [0.15, 0.2) is 0 Å². The molecule has 0 aromatic heterocycles. The van der Waals surface area contributed by atoms with Gasteiger partial charge in [-0.15, -0.1) is 6.58 Å². The van der Waals surface area contributed by atoms with E-state index in [4.69, 9.17) is 33.5 Å². The Balaban J connectivity index is 3.10. The quantitative estimate of drug-likeness (QED) is 0.150. The minimum atomic E-state index is -1.12. The van der Waals surface area contributed by atoms with Crippen molar-refractivity contribution in [1.82, 2.24) is 5.32 Å². The molecule has 11 heteroatoms. The molecular formula is C19H35NO10. The van der Waals surface area contributed by atoms with Crippen molar-refractivity contribution in [3.63, 3.8) is 0 Å². The van der Waals surface area contributed by atoms with E-state index >= 15 is 0 Å². The molecule has 0 aliphatic carbocycles. The van der Waals surface area contributed by atoms with Gasteiger partial charge in [0.25, 0.3) is 0 Å². The maximum Gasteiger partial charge on any atom is 0.329 e. The lowest BCUT2D eigenvalue weighted by Gasteiger charge is -2.08. The van der Waals surface area contributed by atoms with E-state index in [-0.39, 0.29) is 6.61 Å². The van der Waals surface area contributed by atoms with Crippen LogP contribution in [0, 0.1) is 0 Å². The lowest BCUT2D eigenvalue weighted by atomic mass is 10.6. The van der Waals surface area contributed by atoms with E-state index in [0.29, 0.717) is 85.8 Å². The van der Waals surface area contributed by atoms with Gasteiger partial charge in [0.1, 0.15) is 13.2 Å². The minimum Gasteiger partial charge on any atom is -0.480 e. The summed E-state index contributed by atoms with van der Waals surface area (Å²) in [6.45, 7) is 8.75. The van der Waals surface area contributed by atoms with E-state index in [1.807, 2.05) is 0 Å². The van der Waals surface area contributed by atoms with Crippen molar-refractivity contribution >= 4 is 11.9 Å². The minimum absolute atomic E-state index is 0.292. The molecule has 0 aliphatic rings. The Labute approximate surface area is 177 Å². The zero-order valence-electron chi connectivity index (χ0n) is 17.5. The first kappa shape index (κ1) is 28.4. The van der Waals surface area contributed by atoms with Gasteiger partial charge in [0.05, 0.1) is 79.3 Å². The fraction of sp³-hybridized carbons (Fsp3) is 0.789. The molecule has 0 fully saturated rings. The molecular weight excluding hydrogens is 402 g/mol. The van der Waals surface area contributed by atoms with Crippen molar-refractivity contribution < 1.29 is 47.9 Å². The third kappa shape index (κ3) is 24.4. The van der Waals surface area contributed by atoms with Crippen LogP contribution in [0.1, 0.15) is 0 Å². The van der Waals surface area contributed by atoms with Gasteiger partial charge in [-0.25, -0.2) is 4.79 Å². The molecule has 0 saturated carbocycles. The van der Waals surface area contributed by atoms with Crippen molar-refractivity contribution in [2.75, 3.05) is 99.0 Å². The van der Waals surface area contributed by atoms with Gasteiger partial charge in [0, 0.05) is 6.54 Å². The highest BCUT2D eigenvalue weighted by Crippen LogP contribution is 1.85. The van der Waals surface area contributed by atoms with E-state index in [9.17, 15) is 9.59 Å². The van der Waals surface area contributed by atoms with Gasteiger partial charge in [-0.05, 0) is 0 Å². The number of carbonyl (C=O) groups excluding carboxylic acids is 1. The monoisotopic (exact) mass is 437 g/mol. The molecule has 0 saturated heterocycles. The summed E-state index contributed by atoms with van der Waals surface area (Å²) in [5.74, 6) is -1.51. The van der Waals surface area contributed by atoms with Gasteiger partial charge in [-0.3, -0.25) is 4.79 Å². The second-order valence-electron chi connectivity index (χ2n) is 5.66. The van der Waals surface area contributed by atoms with Crippen LogP contribution in [0.15, 0.2) is 12.7 Å². The molecule has 0 aromatic carbocycles. The molecule has 0 radical (unpaired) electrons. The number of nitrogens with one attached hydrogen (secondary N) is 1. The Kier molecular flexibility index (Phi) is 22.4. The normalized spacial score (nSPS) is 10.8. The number of rotatable bonds is 24. The average Bonchev–Trinajstić information content (AvgIpc) is 2.72. The Morgan fingerprint density at radius 1 is 0.667 bits per heavy atom.